The molecule has 13 heavy (non-hydrogen) atoms. The predicted octanol–water partition coefficient (Wildman–Crippen LogP) is 1.12. The minimum atomic E-state index is -0.566. The molecule has 0 saturated carbocycles. The van der Waals surface area contributed by atoms with Crippen molar-refractivity contribution in [3.05, 3.63) is 10.7 Å². The van der Waals surface area contributed by atoms with Crippen molar-refractivity contribution < 1.29 is 4.79 Å². The Morgan fingerprint density at radius 2 is 2.00 bits per heavy atom. The van der Waals surface area contributed by atoms with Gasteiger partial charge in [-0.2, -0.15) is 0 Å². The van der Waals surface area contributed by atoms with Gasteiger partial charge in [-0.25, -0.2) is 4.98 Å². The number of primary amides is 1. The van der Waals surface area contributed by atoms with E-state index in [0.717, 1.165) is 5.01 Å². The molecular weight excluding hydrogens is 186 g/mol. The molecular formula is C8H13N3OS. The normalized spacial score (nSPS) is 11.6. The second-order valence-electron chi connectivity index (χ2n) is 3.85. The summed E-state index contributed by atoms with van der Waals surface area (Å²) in [5.74, 6) is -0.566. The van der Waals surface area contributed by atoms with Gasteiger partial charge >= 0.3 is 0 Å². The van der Waals surface area contributed by atoms with Gasteiger partial charge in [0, 0.05) is 5.41 Å². The molecule has 5 heteroatoms. The van der Waals surface area contributed by atoms with E-state index in [1.54, 1.807) is 0 Å². The summed E-state index contributed by atoms with van der Waals surface area (Å²) in [6.07, 6.45) is 0. The summed E-state index contributed by atoms with van der Waals surface area (Å²) in [5, 5.41) is 1.23. The molecule has 0 aliphatic carbocycles. The number of carbonyl (C=O) groups is 1. The van der Waals surface area contributed by atoms with Crippen LogP contribution in [0, 0.1) is 0 Å². The third-order valence-electron chi connectivity index (χ3n) is 1.53. The molecule has 0 aliphatic rings. The summed E-state index contributed by atoms with van der Waals surface area (Å²) in [4.78, 5) is 14.9. The Hall–Kier alpha value is -1.10. The lowest BCUT2D eigenvalue weighted by atomic mass is 9.98. The summed E-state index contributed by atoms with van der Waals surface area (Å²) in [5.41, 5.74) is 10.8. The highest BCUT2D eigenvalue weighted by atomic mass is 32.1. The van der Waals surface area contributed by atoms with Crippen LogP contribution in [0.15, 0.2) is 0 Å². The van der Waals surface area contributed by atoms with E-state index in [4.69, 9.17) is 11.5 Å². The summed E-state index contributed by atoms with van der Waals surface area (Å²) in [7, 11) is 0. The zero-order valence-corrected chi connectivity index (χ0v) is 8.73. The molecule has 72 valence electrons. The molecule has 1 aromatic heterocycles. The number of hydrogen-bond donors (Lipinski definition) is 2. The lowest BCUT2D eigenvalue weighted by Gasteiger charge is -2.13. The number of thiazole rings is 1. The Morgan fingerprint density at radius 3 is 2.23 bits per heavy atom. The average molecular weight is 199 g/mol. The van der Waals surface area contributed by atoms with E-state index in [2.05, 4.69) is 4.98 Å². The molecule has 1 heterocycles. The van der Waals surface area contributed by atoms with Gasteiger partial charge < -0.3 is 11.5 Å². The van der Waals surface area contributed by atoms with Crippen LogP contribution in [-0.2, 0) is 5.41 Å². The number of nitrogen functional groups attached to an aromatic ring is 1. The van der Waals surface area contributed by atoms with Crippen LogP contribution in [0.1, 0.15) is 36.3 Å². The highest BCUT2D eigenvalue weighted by molar-refractivity contribution is 7.16. The van der Waals surface area contributed by atoms with Crippen molar-refractivity contribution in [2.24, 2.45) is 5.73 Å². The van der Waals surface area contributed by atoms with Gasteiger partial charge in [0.15, 0.2) is 5.69 Å². The van der Waals surface area contributed by atoms with Crippen LogP contribution in [0.25, 0.3) is 0 Å². The Bertz CT molecular complexity index is 338. The zero-order valence-electron chi connectivity index (χ0n) is 7.92. The molecule has 0 aromatic carbocycles. The molecule has 4 nitrogen and oxygen atoms in total. The van der Waals surface area contributed by atoms with E-state index < -0.39 is 5.91 Å². The minimum Gasteiger partial charge on any atom is -0.389 e. The quantitative estimate of drug-likeness (QED) is 0.711. The maximum Gasteiger partial charge on any atom is 0.270 e. The molecule has 0 saturated heterocycles. The van der Waals surface area contributed by atoms with Crippen LogP contribution in [0.5, 0.6) is 0 Å². The highest BCUT2D eigenvalue weighted by Crippen LogP contribution is 2.30. The fourth-order valence-corrected chi connectivity index (χ4v) is 1.72. The second kappa shape index (κ2) is 2.99. The Kier molecular flexibility index (Phi) is 2.30. The maximum absolute atomic E-state index is 10.8. The van der Waals surface area contributed by atoms with E-state index in [1.807, 2.05) is 20.8 Å². The van der Waals surface area contributed by atoms with E-state index in [-0.39, 0.29) is 11.1 Å². The largest absolute Gasteiger partial charge is 0.389 e. The molecule has 0 aliphatic heterocycles. The van der Waals surface area contributed by atoms with Gasteiger partial charge in [0.2, 0.25) is 0 Å². The van der Waals surface area contributed by atoms with Gasteiger partial charge in [-0.1, -0.05) is 20.8 Å². The molecule has 0 bridgehead atoms. The molecule has 0 fully saturated rings. The number of carbonyl (C=O) groups excluding carboxylic acids is 1. The second-order valence-corrected chi connectivity index (χ2v) is 4.88. The molecule has 1 amide bonds. The van der Waals surface area contributed by atoms with Crippen molar-refractivity contribution in [2.75, 3.05) is 5.73 Å². The lowest BCUT2D eigenvalue weighted by Crippen LogP contribution is -2.15. The third-order valence-corrected chi connectivity index (χ3v) is 2.84. The first kappa shape index (κ1) is 9.98. The van der Waals surface area contributed by atoms with Crippen LogP contribution >= 0.6 is 11.3 Å². The number of aromatic nitrogens is 1. The molecule has 0 spiro atoms. The lowest BCUT2D eigenvalue weighted by molar-refractivity contribution is 0.0997. The van der Waals surface area contributed by atoms with E-state index >= 15 is 0 Å². The number of rotatable bonds is 1. The van der Waals surface area contributed by atoms with Gasteiger partial charge in [0.1, 0.15) is 10.0 Å². The van der Waals surface area contributed by atoms with Gasteiger partial charge in [0.05, 0.1) is 0 Å². The van der Waals surface area contributed by atoms with E-state index in [9.17, 15) is 4.79 Å². The average Bonchev–Trinajstić information content (AvgIpc) is 2.29. The highest BCUT2D eigenvalue weighted by Gasteiger charge is 2.22. The SMILES string of the molecule is CC(C)(C)c1nc(C(N)=O)c(N)s1. The number of nitrogens with zero attached hydrogens (tertiary/aromatic N) is 1. The van der Waals surface area contributed by atoms with Crippen molar-refractivity contribution >= 4 is 22.2 Å². The van der Waals surface area contributed by atoms with Gasteiger partial charge in [-0.15, -0.1) is 11.3 Å². The Labute approximate surface area is 81.0 Å². The number of nitrogens with two attached hydrogens (primary N) is 2. The number of hydrogen-bond acceptors (Lipinski definition) is 4. The smallest absolute Gasteiger partial charge is 0.270 e. The first-order chi connectivity index (χ1) is 5.82. The van der Waals surface area contributed by atoms with Crippen LogP contribution < -0.4 is 11.5 Å². The number of amides is 1. The molecule has 0 unspecified atom stereocenters. The third kappa shape index (κ3) is 1.98. The first-order valence-electron chi connectivity index (χ1n) is 3.89. The molecule has 0 radical (unpaired) electrons. The molecule has 4 N–H and O–H groups in total. The van der Waals surface area contributed by atoms with Crippen LogP contribution in [0.4, 0.5) is 5.00 Å². The number of anilines is 1. The monoisotopic (exact) mass is 199 g/mol. The molecule has 1 rings (SSSR count). The van der Waals surface area contributed by atoms with Crippen LogP contribution in [-0.4, -0.2) is 10.9 Å². The van der Waals surface area contributed by atoms with Crippen LogP contribution in [0.3, 0.4) is 0 Å². The topological polar surface area (TPSA) is 82.0 Å². The summed E-state index contributed by atoms with van der Waals surface area (Å²) in [6, 6.07) is 0. The zero-order chi connectivity index (χ0) is 10.2. The first-order valence-corrected chi connectivity index (χ1v) is 4.70. The van der Waals surface area contributed by atoms with E-state index in [0.29, 0.717) is 5.00 Å². The van der Waals surface area contributed by atoms with E-state index in [1.165, 1.54) is 11.3 Å². The van der Waals surface area contributed by atoms with Gasteiger partial charge in [0.25, 0.3) is 5.91 Å². The molecule has 1 aromatic rings. The summed E-state index contributed by atoms with van der Waals surface area (Å²) >= 11 is 1.32. The fourth-order valence-electron chi connectivity index (χ4n) is 0.829. The summed E-state index contributed by atoms with van der Waals surface area (Å²) < 4.78 is 0. The van der Waals surface area contributed by atoms with Gasteiger partial charge in [-0.3, -0.25) is 4.79 Å². The van der Waals surface area contributed by atoms with Crippen molar-refractivity contribution in [3.8, 4) is 0 Å². The van der Waals surface area contributed by atoms with Crippen molar-refractivity contribution in [1.82, 2.24) is 4.98 Å². The maximum atomic E-state index is 10.8. The Morgan fingerprint density at radius 1 is 1.46 bits per heavy atom. The fraction of sp³-hybridized carbons (Fsp3) is 0.500. The Balaban J connectivity index is 3.17. The van der Waals surface area contributed by atoms with Crippen molar-refractivity contribution in [2.45, 2.75) is 26.2 Å². The van der Waals surface area contributed by atoms with Gasteiger partial charge in [-0.05, 0) is 0 Å². The standard InChI is InChI=1S/C8H13N3OS/c1-8(2,3)7-11-4(5(9)12)6(10)13-7/h10H2,1-3H3,(H2,9,12). The minimum absolute atomic E-state index is 0.0908. The molecule has 0 atom stereocenters. The van der Waals surface area contributed by atoms with Crippen molar-refractivity contribution in [1.29, 1.82) is 0 Å². The summed E-state index contributed by atoms with van der Waals surface area (Å²) in [6.45, 7) is 6.03. The van der Waals surface area contributed by atoms with Crippen LogP contribution in [0.2, 0.25) is 0 Å². The predicted molar refractivity (Wildman–Crippen MR) is 53.7 cm³/mol. The van der Waals surface area contributed by atoms with Crippen molar-refractivity contribution in [3.63, 3.8) is 0 Å².